The fourth-order valence-corrected chi connectivity index (χ4v) is 3.86. The van der Waals surface area contributed by atoms with Crippen molar-refractivity contribution in [3.8, 4) is 6.07 Å². The summed E-state index contributed by atoms with van der Waals surface area (Å²) in [5.41, 5.74) is 1.20. The summed E-state index contributed by atoms with van der Waals surface area (Å²) in [5, 5.41) is 11.1. The molecule has 24 heavy (non-hydrogen) atoms. The van der Waals surface area contributed by atoms with Crippen molar-refractivity contribution >= 4 is 20.8 Å². The van der Waals surface area contributed by atoms with Crippen LogP contribution in [-0.4, -0.2) is 8.42 Å². The summed E-state index contributed by atoms with van der Waals surface area (Å²) in [5.74, 6) is 0. The van der Waals surface area contributed by atoms with Gasteiger partial charge in [0.25, 0.3) is 0 Å². The van der Waals surface area contributed by atoms with Gasteiger partial charge in [0.1, 0.15) is 0 Å². The molecule has 0 heterocycles. The topological polar surface area (TPSA) is 70.0 Å². The molecule has 0 bridgehead atoms. The monoisotopic (exact) mass is 336 g/mol. The number of rotatable bonds is 4. The van der Waals surface area contributed by atoms with Gasteiger partial charge in [0.05, 0.1) is 16.5 Å². The van der Waals surface area contributed by atoms with Crippen LogP contribution < -0.4 is 4.72 Å². The fourth-order valence-electron chi connectivity index (χ4n) is 2.58. The van der Waals surface area contributed by atoms with E-state index < -0.39 is 10.0 Å². The lowest BCUT2D eigenvalue weighted by Crippen LogP contribution is -2.26. The first-order valence-corrected chi connectivity index (χ1v) is 8.99. The number of nitrogens with zero attached hydrogens (tertiary/aromatic N) is 1. The van der Waals surface area contributed by atoms with Crippen molar-refractivity contribution in [2.24, 2.45) is 0 Å². The van der Waals surface area contributed by atoms with Crippen LogP contribution in [0.2, 0.25) is 0 Å². The summed E-state index contributed by atoms with van der Waals surface area (Å²) in [6.45, 7) is 1.80. The van der Waals surface area contributed by atoms with Crippen LogP contribution in [-0.2, 0) is 10.0 Å². The third-order valence-corrected chi connectivity index (χ3v) is 5.42. The molecule has 0 amide bonds. The summed E-state index contributed by atoms with van der Waals surface area (Å²) >= 11 is 0. The highest BCUT2D eigenvalue weighted by Gasteiger charge is 2.19. The molecule has 1 atom stereocenters. The summed E-state index contributed by atoms with van der Waals surface area (Å²) in [7, 11) is -3.69. The molecule has 5 heteroatoms. The highest BCUT2D eigenvalue weighted by Crippen LogP contribution is 2.22. The van der Waals surface area contributed by atoms with E-state index in [0.29, 0.717) is 5.56 Å². The van der Waals surface area contributed by atoms with Gasteiger partial charge in [0.15, 0.2) is 0 Å². The second-order valence-electron chi connectivity index (χ2n) is 5.59. The van der Waals surface area contributed by atoms with Crippen LogP contribution in [0.4, 0.5) is 0 Å². The van der Waals surface area contributed by atoms with Gasteiger partial charge in [0.2, 0.25) is 10.0 Å². The van der Waals surface area contributed by atoms with Crippen molar-refractivity contribution in [2.45, 2.75) is 17.9 Å². The average Bonchev–Trinajstić information content (AvgIpc) is 2.61. The van der Waals surface area contributed by atoms with E-state index in [1.165, 1.54) is 12.1 Å². The van der Waals surface area contributed by atoms with Crippen LogP contribution >= 0.6 is 0 Å². The summed E-state index contributed by atoms with van der Waals surface area (Å²) in [6, 6.07) is 21.4. The smallest absolute Gasteiger partial charge is 0.207 e. The van der Waals surface area contributed by atoms with Crippen LogP contribution in [0.15, 0.2) is 71.6 Å². The lowest BCUT2D eigenvalue weighted by molar-refractivity contribution is 0.567. The summed E-state index contributed by atoms with van der Waals surface area (Å²) in [4.78, 5) is 0.0918. The van der Waals surface area contributed by atoms with Crippen molar-refractivity contribution in [3.05, 3.63) is 77.9 Å². The van der Waals surface area contributed by atoms with E-state index in [9.17, 15) is 8.42 Å². The molecule has 0 saturated heterocycles. The third kappa shape index (κ3) is 3.30. The Kier molecular flexibility index (Phi) is 4.34. The van der Waals surface area contributed by atoms with E-state index in [4.69, 9.17) is 5.26 Å². The number of hydrogen-bond donors (Lipinski definition) is 1. The number of nitrogens with one attached hydrogen (secondary N) is 1. The minimum atomic E-state index is -3.69. The Hall–Kier alpha value is -2.68. The molecule has 3 rings (SSSR count). The Morgan fingerprint density at radius 2 is 1.71 bits per heavy atom. The minimum Gasteiger partial charge on any atom is -0.207 e. The minimum absolute atomic E-state index is 0.0918. The second-order valence-corrected chi connectivity index (χ2v) is 7.30. The fraction of sp³-hybridized carbons (Fsp3) is 0.105. The quantitative estimate of drug-likeness (QED) is 0.789. The highest BCUT2D eigenvalue weighted by atomic mass is 32.2. The van der Waals surface area contributed by atoms with Crippen molar-refractivity contribution in [3.63, 3.8) is 0 Å². The molecular weight excluding hydrogens is 320 g/mol. The maximum Gasteiger partial charge on any atom is 0.241 e. The standard InChI is InChI=1S/C19H16N2O2S/c1-14(17-10-9-16-6-2-3-7-18(16)12-17)21-24(22,23)19-8-4-5-15(11-19)13-20/h2-12,14,21H,1H3. The Morgan fingerprint density at radius 1 is 0.958 bits per heavy atom. The molecule has 1 unspecified atom stereocenters. The first-order chi connectivity index (χ1) is 11.5. The summed E-state index contributed by atoms with van der Waals surface area (Å²) in [6.07, 6.45) is 0. The molecule has 0 aliphatic rings. The number of hydrogen-bond acceptors (Lipinski definition) is 3. The molecule has 120 valence electrons. The molecule has 0 fully saturated rings. The van der Waals surface area contributed by atoms with Gasteiger partial charge in [-0.15, -0.1) is 0 Å². The molecule has 0 aliphatic heterocycles. The molecule has 3 aromatic carbocycles. The van der Waals surface area contributed by atoms with Gasteiger partial charge in [-0.1, -0.05) is 42.5 Å². The Bertz CT molecular complexity index is 1040. The Labute approximate surface area is 141 Å². The van der Waals surface area contributed by atoms with Gasteiger partial charge in [0, 0.05) is 6.04 Å². The van der Waals surface area contributed by atoms with E-state index >= 15 is 0 Å². The predicted molar refractivity (Wildman–Crippen MR) is 93.8 cm³/mol. The Balaban J connectivity index is 1.89. The second kappa shape index (κ2) is 6.44. The zero-order valence-electron chi connectivity index (χ0n) is 13.1. The molecule has 4 nitrogen and oxygen atoms in total. The van der Waals surface area contributed by atoms with Crippen molar-refractivity contribution in [1.82, 2.24) is 4.72 Å². The van der Waals surface area contributed by atoms with E-state index in [0.717, 1.165) is 16.3 Å². The van der Waals surface area contributed by atoms with E-state index in [-0.39, 0.29) is 10.9 Å². The molecule has 0 saturated carbocycles. The highest BCUT2D eigenvalue weighted by molar-refractivity contribution is 7.89. The zero-order chi connectivity index (χ0) is 17.2. The van der Waals surface area contributed by atoms with Crippen LogP contribution in [0.1, 0.15) is 24.1 Å². The molecule has 1 N–H and O–H groups in total. The van der Waals surface area contributed by atoms with Gasteiger partial charge in [-0.2, -0.15) is 5.26 Å². The molecule has 0 radical (unpaired) electrons. The predicted octanol–water partition coefficient (Wildman–Crippen LogP) is 3.75. The first kappa shape index (κ1) is 16.2. The van der Waals surface area contributed by atoms with Crippen molar-refractivity contribution in [2.75, 3.05) is 0 Å². The van der Waals surface area contributed by atoms with Crippen LogP contribution in [0.5, 0.6) is 0 Å². The van der Waals surface area contributed by atoms with Gasteiger partial charge in [-0.25, -0.2) is 13.1 Å². The van der Waals surface area contributed by atoms with Gasteiger partial charge in [-0.3, -0.25) is 0 Å². The number of sulfonamides is 1. The largest absolute Gasteiger partial charge is 0.241 e. The summed E-state index contributed by atoms with van der Waals surface area (Å²) < 4.78 is 27.7. The lowest BCUT2D eigenvalue weighted by Gasteiger charge is -2.15. The number of fused-ring (bicyclic) bond motifs is 1. The maximum absolute atomic E-state index is 12.5. The lowest BCUT2D eigenvalue weighted by atomic mass is 10.0. The van der Waals surface area contributed by atoms with Crippen LogP contribution in [0.25, 0.3) is 10.8 Å². The molecular formula is C19H16N2O2S. The van der Waals surface area contributed by atoms with Crippen molar-refractivity contribution in [1.29, 1.82) is 5.26 Å². The van der Waals surface area contributed by atoms with Crippen LogP contribution in [0.3, 0.4) is 0 Å². The number of nitriles is 1. The van der Waals surface area contributed by atoms with Crippen LogP contribution in [0, 0.1) is 11.3 Å². The third-order valence-electron chi connectivity index (χ3n) is 3.88. The van der Waals surface area contributed by atoms with Gasteiger partial charge in [-0.05, 0) is 47.5 Å². The van der Waals surface area contributed by atoms with E-state index in [2.05, 4.69) is 4.72 Å². The number of benzene rings is 3. The SMILES string of the molecule is CC(NS(=O)(=O)c1cccc(C#N)c1)c1ccc2ccccc2c1. The molecule has 0 aliphatic carbocycles. The maximum atomic E-state index is 12.5. The van der Waals surface area contributed by atoms with Gasteiger partial charge >= 0.3 is 0 Å². The normalized spacial score (nSPS) is 12.7. The van der Waals surface area contributed by atoms with Crippen molar-refractivity contribution < 1.29 is 8.42 Å². The zero-order valence-corrected chi connectivity index (χ0v) is 13.9. The van der Waals surface area contributed by atoms with E-state index in [1.54, 1.807) is 19.1 Å². The Morgan fingerprint density at radius 3 is 2.46 bits per heavy atom. The molecule has 0 aromatic heterocycles. The molecule has 3 aromatic rings. The first-order valence-electron chi connectivity index (χ1n) is 7.51. The van der Waals surface area contributed by atoms with E-state index in [1.807, 2.05) is 48.5 Å². The average molecular weight is 336 g/mol. The van der Waals surface area contributed by atoms with Gasteiger partial charge < -0.3 is 0 Å². The molecule has 0 spiro atoms.